The first-order chi connectivity index (χ1) is 6.38. The summed E-state index contributed by atoms with van der Waals surface area (Å²) < 4.78 is 41.1. The Morgan fingerprint density at radius 2 is 2.07 bits per heavy atom. The highest BCUT2D eigenvalue weighted by Crippen LogP contribution is 2.23. The summed E-state index contributed by atoms with van der Waals surface area (Å²) in [4.78, 5) is 10.5. The fourth-order valence-electron chi connectivity index (χ4n) is 0.724. The van der Waals surface area contributed by atoms with Gasteiger partial charge in [0.2, 0.25) is 0 Å². The molecule has 0 radical (unpaired) electrons. The Morgan fingerprint density at radius 1 is 1.50 bits per heavy atom. The van der Waals surface area contributed by atoms with E-state index in [0.29, 0.717) is 6.08 Å². The van der Waals surface area contributed by atoms with Crippen LogP contribution in [0.15, 0.2) is 11.8 Å². The van der Waals surface area contributed by atoms with E-state index < -0.39 is 17.7 Å². The Morgan fingerprint density at radius 3 is 2.43 bits per heavy atom. The standard InChI is InChI=1S/C8H12F3NO2/c1-6(13)5-7(8(9,10)11)12-3-4-14-2/h5,12H,3-4H2,1-2H3/b7-5-. The highest BCUT2D eigenvalue weighted by molar-refractivity contribution is 5.88. The molecule has 82 valence electrons. The molecule has 0 aliphatic heterocycles. The number of ether oxygens (including phenoxy) is 1. The number of methoxy groups -OCH3 is 1. The molecule has 6 heteroatoms. The molecule has 0 fully saturated rings. The number of carbonyl (C=O) groups is 1. The highest BCUT2D eigenvalue weighted by atomic mass is 19.4. The van der Waals surface area contributed by atoms with Gasteiger partial charge in [0.05, 0.1) is 6.61 Å². The van der Waals surface area contributed by atoms with Gasteiger partial charge in [-0.05, 0) is 6.92 Å². The molecule has 0 rings (SSSR count). The van der Waals surface area contributed by atoms with Crippen LogP contribution in [0.5, 0.6) is 0 Å². The third-order valence-electron chi connectivity index (χ3n) is 1.27. The van der Waals surface area contributed by atoms with Crippen LogP contribution in [-0.4, -0.2) is 32.2 Å². The van der Waals surface area contributed by atoms with Gasteiger partial charge in [-0.25, -0.2) is 0 Å². The summed E-state index contributed by atoms with van der Waals surface area (Å²) in [6.45, 7) is 1.21. The topological polar surface area (TPSA) is 38.3 Å². The highest BCUT2D eigenvalue weighted by Gasteiger charge is 2.33. The second kappa shape index (κ2) is 5.64. The first-order valence-corrected chi connectivity index (χ1v) is 3.90. The zero-order valence-corrected chi connectivity index (χ0v) is 7.94. The van der Waals surface area contributed by atoms with Crippen molar-refractivity contribution < 1.29 is 22.7 Å². The zero-order valence-electron chi connectivity index (χ0n) is 7.94. The van der Waals surface area contributed by atoms with Gasteiger partial charge in [-0.3, -0.25) is 4.79 Å². The second-order valence-corrected chi connectivity index (χ2v) is 2.59. The summed E-state index contributed by atoms with van der Waals surface area (Å²) in [6.07, 6.45) is -4.00. The number of allylic oxidation sites excluding steroid dienone is 2. The van der Waals surface area contributed by atoms with Crippen LogP contribution < -0.4 is 5.32 Å². The molecule has 0 saturated heterocycles. The van der Waals surface area contributed by atoms with Crippen molar-refractivity contribution >= 4 is 5.78 Å². The lowest BCUT2D eigenvalue weighted by Crippen LogP contribution is -2.29. The Hall–Kier alpha value is -1.04. The summed E-state index contributed by atoms with van der Waals surface area (Å²) in [5, 5.41) is 2.08. The van der Waals surface area contributed by atoms with E-state index in [1.54, 1.807) is 0 Å². The zero-order chi connectivity index (χ0) is 11.2. The molecule has 0 amide bonds. The number of halogens is 3. The van der Waals surface area contributed by atoms with Gasteiger partial charge in [0.15, 0.2) is 5.78 Å². The maximum atomic E-state index is 12.2. The van der Waals surface area contributed by atoms with Gasteiger partial charge in [0.1, 0.15) is 5.70 Å². The number of alkyl halides is 3. The second-order valence-electron chi connectivity index (χ2n) is 2.59. The van der Waals surface area contributed by atoms with Gasteiger partial charge >= 0.3 is 6.18 Å². The lowest BCUT2D eigenvalue weighted by molar-refractivity contribution is -0.115. The van der Waals surface area contributed by atoms with E-state index in [1.165, 1.54) is 7.11 Å². The van der Waals surface area contributed by atoms with Crippen molar-refractivity contribution in [1.82, 2.24) is 5.32 Å². The van der Waals surface area contributed by atoms with Crippen LogP contribution in [0.2, 0.25) is 0 Å². The molecule has 0 spiro atoms. The summed E-state index contributed by atoms with van der Waals surface area (Å²) >= 11 is 0. The van der Waals surface area contributed by atoms with E-state index in [9.17, 15) is 18.0 Å². The number of rotatable bonds is 5. The van der Waals surface area contributed by atoms with Crippen LogP contribution >= 0.6 is 0 Å². The van der Waals surface area contributed by atoms with Crippen molar-refractivity contribution in [3.63, 3.8) is 0 Å². The number of nitrogens with one attached hydrogen (secondary N) is 1. The first kappa shape index (κ1) is 13.0. The third-order valence-corrected chi connectivity index (χ3v) is 1.27. The molecule has 0 atom stereocenters. The fourth-order valence-corrected chi connectivity index (χ4v) is 0.724. The van der Waals surface area contributed by atoms with Crippen LogP contribution in [0.4, 0.5) is 13.2 Å². The summed E-state index contributed by atoms with van der Waals surface area (Å²) in [6, 6.07) is 0. The van der Waals surface area contributed by atoms with Crippen LogP contribution in [-0.2, 0) is 9.53 Å². The molecular formula is C8H12F3NO2. The molecule has 14 heavy (non-hydrogen) atoms. The van der Waals surface area contributed by atoms with Crippen molar-refractivity contribution in [2.45, 2.75) is 13.1 Å². The van der Waals surface area contributed by atoms with Crippen LogP contribution in [0, 0.1) is 0 Å². The molecule has 0 aliphatic rings. The quantitative estimate of drug-likeness (QED) is 0.549. The molecule has 0 bridgehead atoms. The molecule has 0 aromatic carbocycles. The van der Waals surface area contributed by atoms with Crippen molar-refractivity contribution in [2.75, 3.05) is 20.3 Å². The lowest BCUT2D eigenvalue weighted by atomic mass is 10.3. The molecule has 0 saturated carbocycles. The van der Waals surface area contributed by atoms with E-state index in [2.05, 4.69) is 10.1 Å². The van der Waals surface area contributed by atoms with E-state index in [-0.39, 0.29) is 13.2 Å². The average Bonchev–Trinajstić information content (AvgIpc) is 2.00. The largest absolute Gasteiger partial charge is 0.431 e. The third kappa shape index (κ3) is 5.58. The average molecular weight is 211 g/mol. The monoisotopic (exact) mass is 211 g/mol. The number of hydrogen-bond donors (Lipinski definition) is 1. The minimum atomic E-state index is -4.53. The molecule has 0 heterocycles. The van der Waals surface area contributed by atoms with Crippen LogP contribution in [0.1, 0.15) is 6.92 Å². The van der Waals surface area contributed by atoms with Gasteiger partial charge in [-0.1, -0.05) is 0 Å². The molecule has 0 aromatic heterocycles. The van der Waals surface area contributed by atoms with Crippen LogP contribution in [0.3, 0.4) is 0 Å². The first-order valence-electron chi connectivity index (χ1n) is 3.90. The smallest absolute Gasteiger partial charge is 0.383 e. The van der Waals surface area contributed by atoms with E-state index in [1.807, 2.05) is 0 Å². The van der Waals surface area contributed by atoms with Crippen molar-refractivity contribution in [1.29, 1.82) is 0 Å². The van der Waals surface area contributed by atoms with Gasteiger partial charge in [-0.2, -0.15) is 13.2 Å². The Kier molecular flexibility index (Phi) is 5.22. The van der Waals surface area contributed by atoms with Crippen molar-refractivity contribution in [2.24, 2.45) is 0 Å². The van der Waals surface area contributed by atoms with Gasteiger partial charge in [0, 0.05) is 19.7 Å². The summed E-state index contributed by atoms with van der Waals surface area (Å²) in [5.41, 5.74) is -1.04. The van der Waals surface area contributed by atoms with Crippen LogP contribution in [0.25, 0.3) is 0 Å². The summed E-state index contributed by atoms with van der Waals surface area (Å²) in [7, 11) is 1.38. The van der Waals surface area contributed by atoms with E-state index in [4.69, 9.17) is 0 Å². The normalized spacial score (nSPS) is 12.8. The maximum Gasteiger partial charge on any atom is 0.431 e. The lowest BCUT2D eigenvalue weighted by Gasteiger charge is -2.13. The molecule has 0 aliphatic carbocycles. The Labute approximate surface area is 79.9 Å². The van der Waals surface area contributed by atoms with Gasteiger partial charge in [0.25, 0.3) is 0 Å². The Bertz CT molecular complexity index is 223. The maximum absolute atomic E-state index is 12.2. The van der Waals surface area contributed by atoms with E-state index in [0.717, 1.165) is 6.92 Å². The van der Waals surface area contributed by atoms with Crippen molar-refractivity contribution in [3.05, 3.63) is 11.8 Å². The molecular weight excluding hydrogens is 199 g/mol. The molecule has 0 aromatic rings. The summed E-state index contributed by atoms with van der Waals surface area (Å²) in [5.74, 6) is -0.651. The predicted octanol–water partition coefficient (Wildman–Crippen LogP) is 1.26. The number of carbonyl (C=O) groups excluding carboxylic acids is 1. The minimum absolute atomic E-state index is 0.00905. The Balaban J connectivity index is 4.35. The van der Waals surface area contributed by atoms with Crippen molar-refractivity contribution in [3.8, 4) is 0 Å². The predicted molar refractivity (Wildman–Crippen MR) is 44.7 cm³/mol. The van der Waals surface area contributed by atoms with E-state index >= 15 is 0 Å². The molecule has 1 N–H and O–H groups in total. The minimum Gasteiger partial charge on any atom is -0.383 e. The van der Waals surface area contributed by atoms with Gasteiger partial charge < -0.3 is 10.1 Å². The fraction of sp³-hybridized carbons (Fsp3) is 0.625. The molecule has 3 nitrogen and oxygen atoms in total. The number of ketones is 1. The molecule has 0 unspecified atom stereocenters. The van der Waals surface area contributed by atoms with Gasteiger partial charge in [-0.15, -0.1) is 0 Å². The number of hydrogen-bond acceptors (Lipinski definition) is 3. The SMILES string of the molecule is COCCN/C(=C\C(C)=O)C(F)(F)F.